The van der Waals surface area contributed by atoms with E-state index in [1.165, 1.54) is 19.1 Å². The SMILES string of the molecule is CC1=C(Br)C=CC2=NC(O)(C(F)(F)C(F)(F)F)CN21. The number of amidine groups is 1. The van der Waals surface area contributed by atoms with Gasteiger partial charge >= 0.3 is 12.1 Å². The number of hydrogen-bond acceptors (Lipinski definition) is 3. The van der Waals surface area contributed by atoms with Crippen LogP contribution in [-0.2, 0) is 0 Å². The van der Waals surface area contributed by atoms with E-state index in [2.05, 4.69) is 20.9 Å². The summed E-state index contributed by atoms with van der Waals surface area (Å²) in [6.45, 7) is 0.556. The molecule has 1 atom stereocenters. The molecule has 0 aliphatic carbocycles. The molecule has 1 N–H and O–H groups in total. The number of allylic oxidation sites excluding steroid dienone is 3. The van der Waals surface area contributed by atoms with Gasteiger partial charge in [0.05, 0.1) is 6.54 Å². The van der Waals surface area contributed by atoms with Crippen molar-refractivity contribution in [3.05, 3.63) is 22.3 Å². The number of fused-ring (bicyclic) bond motifs is 1. The Balaban J connectivity index is 2.43. The summed E-state index contributed by atoms with van der Waals surface area (Å²) in [6.07, 6.45) is -3.16. The van der Waals surface area contributed by atoms with Crippen molar-refractivity contribution in [1.29, 1.82) is 0 Å². The summed E-state index contributed by atoms with van der Waals surface area (Å²) in [5.41, 5.74) is -3.13. The molecular weight excluding hydrogens is 339 g/mol. The fourth-order valence-corrected chi connectivity index (χ4v) is 2.14. The van der Waals surface area contributed by atoms with Gasteiger partial charge in [-0.25, -0.2) is 4.99 Å². The fourth-order valence-electron chi connectivity index (χ4n) is 1.80. The predicted octanol–water partition coefficient (Wildman–Crippen LogP) is 2.78. The molecule has 0 radical (unpaired) electrons. The maximum atomic E-state index is 13.3. The molecule has 0 aromatic heterocycles. The highest BCUT2D eigenvalue weighted by atomic mass is 79.9. The number of nitrogens with zero attached hydrogens (tertiary/aromatic N) is 2. The number of aliphatic imine (C=N–C) groups is 1. The Morgan fingerprint density at radius 2 is 1.89 bits per heavy atom. The van der Waals surface area contributed by atoms with Crippen molar-refractivity contribution in [2.24, 2.45) is 4.99 Å². The second-order valence-corrected chi connectivity index (χ2v) is 5.07. The zero-order valence-electron chi connectivity index (χ0n) is 9.47. The first-order valence-electron chi connectivity index (χ1n) is 5.08. The summed E-state index contributed by atoms with van der Waals surface area (Å²) < 4.78 is 64.2. The van der Waals surface area contributed by atoms with Crippen molar-refractivity contribution in [3.8, 4) is 0 Å². The van der Waals surface area contributed by atoms with Crippen LogP contribution >= 0.6 is 15.9 Å². The van der Waals surface area contributed by atoms with E-state index in [1.54, 1.807) is 0 Å². The molecule has 2 rings (SSSR count). The molecular formula is C10H8BrF5N2O. The molecule has 0 saturated carbocycles. The molecule has 3 nitrogen and oxygen atoms in total. The number of aliphatic hydroxyl groups is 1. The third-order valence-corrected chi connectivity index (χ3v) is 3.78. The number of alkyl halides is 5. The zero-order chi connectivity index (χ0) is 14.6. The van der Waals surface area contributed by atoms with Crippen LogP contribution in [0.4, 0.5) is 22.0 Å². The van der Waals surface area contributed by atoms with E-state index in [-0.39, 0.29) is 5.84 Å². The summed E-state index contributed by atoms with van der Waals surface area (Å²) >= 11 is 3.12. The van der Waals surface area contributed by atoms with Gasteiger partial charge in [0.25, 0.3) is 0 Å². The van der Waals surface area contributed by atoms with Gasteiger partial charge < -0.3 is 10.0 Å². The Labute approximate surface area is 113 Å². The van der Waals surface area contributed by atoms with E-state index in [0.717, 1.165) is 4.90 Å². The van der Waals surface area contributed by atoms with Crippen molar-refractivity contribution in [2.45, 2.75) is 24.7 Å². The summed E-state index contributed by atoms with van der Waals surface area (Å²) in [6, 6.07) is 0. The number of halogens is 6. The molecule has 0 aromatic rings. The van der Waals surface area contributed by atoms with Crippen LogP contribution in [0.5, 0.6) is 0 Å². The smallest absolute Gasteiger partial charge is 0.363 e. The van der Waals surface area contributed by atoms with Crippen LogP contribution in [0.2, 0.25) is 0 Å². The zero-order valence-corrected chi connectivity index (χ0v) is 11.1. The third-order valence-electron chi connectivity index (χ3n) is 2.94. The van der Waals surface area contributed by atoms with Gasteiger partial charge in [0.1, 0.15) is 5.84 Å². The lowest BCUT2D eigenvalue weighted by atomic mass is 10.1. The van der Waals surface area contributed by atoms with Crippen molar-refractivity contribution in [3.63, 3.8) is 0 Å². The molecule has 0 bridgehead atoms. The molecule has 2 aliphatic rings. The van der Waals surface area contributed by atoms with Gasteiger partial charge in [-0.1, -0.05) is 0 Å². The van der Waals surface area contributed by atoms with Crippen LogP contribution in [0.15, 0.2) is 27.3 Å². The fraction of sp³-hybridized carbons (Fsp3) is 0.500. The lowest BCUT2D eigenvalue weighted by Gasteiger charge is -2.32. The van der Waals surface area contributed by atoms with Gasteiger partial charge in [-0.15, -0.1) is 0 Å². The molecule has 0 aromatic carbocycles. The standard InChI is InChI=1S/C10H8BrF5N2O/c1-5-6(11)2-3-7-17-8(19,4-18(5)7)9(12,13)10(14,15)16/h2-3,19H,4H2,1H3. The molecule has 0 amide bonds. The van der Waals surface area contributed by atoms with E-state index in [0.29, 0.717) is 10.2 Å². The highest BCUT2D eigenvalue weighted by molar-refractivity contribution is 9.11. The van der Waals surface area contributed by atoms with Crippen molar-refractivity contribution >= 4 is 21.8 Å². The summed E-state index contributed by atoms with van der Waals surface area (Å²) in [5.74, 6) is -5.46. The van der Waals surface area contributed by atoms with Gasteiger partial charge in [0.15, 0.2) is 0 Å². The summed E-state index contributed by atoms with van der Waals surface area (Å²) in [4.78, 5) is 4.25. The lowest BCUT2D eigenvalue weighted by molar-refractivity contribution is -0.338. The van der Waals surface area contributed by atoms with Gasteiger partial charge in [-0.2, -0.15) is 22.0 Å². The van der Waals surface area contributed by atoms with E-state index < -0.39 is 24.4 Å². The Morgan fingerprint density at radius 3 is 2.42 bits per heavy atom. The molecule has 0 fully saturated rings. The van der Waals surface area contributed by atoms with Crippen LogP contribution in [0.3, 0.4) is 0 Å². The van der Waals surface area contributed by atoms with Crippen LogP contribution in [-0.4, -0.2) is 40.2 Å². The van der Waals surface area contributed by atoms with E-state index in [9.17, 15) is 27.1 Å². The van der Waals surface area contributed by atoms with Crippen LogP contribution in [0.1, 0.15) is 6.92 Å². The molecule has 19 heavy (non-hydrogen) atoms. The summed E-state index contributed by atoms with van der Waals surface area (Å²) in [7, 11) is 0. The molecule has 1 unspecified atom stereocenters. The van der Waals surface area contributed by atoms with Crippen molar-refractivity contribution in [2.75, 3.05) is 6.54 Å². The second-order valence-electron chi connectivity index (χ2n) is 4.21. The Morgan fingerprint density at radius 1 is 1.32 bits per heavy atom. The van der Waals surface area contributed by atoms with Crippen molar-refractivity contribution in [1.82, 2.24) is 4.90 Å². The normalized spacial score (nSPS) is 27.8. The molecule has 106 valence electrons. The van der Waals surface area contributed by atoms with Crippen molar-refractivity contribution < 1.29 is 27.1 Å². The second kappa shape index (κ2) is 4.02. The van der Waals surface area contributed by atoms with Gasteiger partial charge in [0, 0.05) is 10.2 Å². The minimum absolute atomic E-state index is 0.132. The third kappa shape index (κ3) is 1.99. The minimum Gasteiger partial charge on any atom is -0.363 e. The first-order chi connectivity index (χ1) is 8.49. The highest BCUT2D eigenvalue weighted by Gasteiger charge is 2.72. The average molecular weight is 347 g/mol. The average Bonchev–Trinajstić information content (AvgIpc) is 2.62. The van der Waals surface area contributed by atoms with Gasteiger partial charge in [-0.05, 0) is 35.0 Å². The Bertz CT molecular complexity index is 511. The molecule has 2 heterocycles. The van der Waals surface area contributed by atoms with E-state index in [1.807, 2.05) is 0 Å². The highest BCUT2D eigenvalue weighted by Crippen LogP contribution is 2.47. The number of rotatable bonds is 1. The number of hydrogen-bond donors (Lipinski definition) is 1. The monoisotopic (exact) mass is 346 g/mol. The maximum absolute atomic E-state index is 13.3. The van der Waals surface area contributed by atoms with Crippen LogP contribution in [0.25, 0.3) is 0 Å². The van der Waals surface area contributed by atoms with E-state index in [4.69, 9.17) is 0 Å². The molecule has 0 saturated heterocycles. The topological polar surface area (TPSA) is 35.8 Å². The van der Waals surface area contributed by atoms with E-state index >= 15 is 0 Å². The molecule has 9 heteroatoms. The Kier molecular flexibility index (Phi) is 3.05. The van der Waals surface area contributed by atoms with Gasteiger partial charge in [-0.3, -0.25) is 0 Å². The van der Waals surface area contributed by atoms with Crippen LogP contribution < -0.4 is 0 Å². The maximum Gasteiger partial charge on any atom is 0.458 e. The summed E-state index contributed by atoms with van der Waals surface area (Å²) in [5, 5.41) is 9.62. The minimum atomic E-state index is -5.88. The van der Waals surface area contributed by atoms with Gasteiger partial charge in [0.2, 0.25) is 5.72 Å². The Hall–Kier alpha value is -0.960. The quantitative estimate of drug-likeness (QED) is 0.741. The first kappa shape index (κ1) is 14.4. The lowest BCUT2D eigenvalue weighted by Crippen LogP contribution is -2.58. The predicted molar refractivity (Wildman–Crippen MR) is 60.9 cm³/mol. The molecule has 2 aliphatic heterocycles. The largest absolute Gasteiger partial charge is 0.458 e. The first-order valence-corrected chi connectivity index (χ1v) is 5.88. The van der Waals surface area contributed by atoms with Crippen LogP contribution in [0, 0.1) is 0 Å². The molecule has 0 spiro atoms.